The fraction of sp³-hybridized carbons (Fsp3) is 0.318. The van der Waals surface area contributed by atoms with E-state index >= 15 is 0 Å². The van der Waals surface area contributed by atoms with Crippen LogP contribution in [-0.2, 0) is 19.4 Å². The van der Waals surface area contributed by atoms with Crippen LogP contribution in [-0.4, -0.2) is 14.5 Å². The average Bonchev–Trinajstić information content (AvgIpc) is 2.63. The topological polar surface area (TPSA) is 47.8 Å². The van der Waals surface area contributed by atoms with E-state index in [-0.39, 0.29) is 11.0 Å². The number of fused-ring (bicyclic) bond motifs is 2. The van der Waals surface area contributed by atoms with Crippen molar-refractivity contribution in [1.82, 2.24) is 14.5 Å². The number of hydrogen-bond acceptors (Lipinski definition) is 3. The Bertz CT molecular complexity index is 1030. The van der Waals surface area contributed by atoms with E-state index in [0.717, 1.165) is 48.4 Å². The molecule has 4 nitrogen and oxygen atoms in total. The van der Waals surface area contributed by atoms with Gasteiger partial charge in [0.15, 0.2) is 0 Å². The molecule has 4 rings (SSSR count). The summed E-state index contributed by atoms with van der Waals surface area (Å²) >= 11 is 0. The van der Waals surface area contributed by atoms with Crippen LogP contribution in [0.15, 0.2) is 53.5 Å². The van der Waals surface area contributed by atoms with E-state index in [0.29, 0.717) is 5.39 Å². The Kier molecular flexibility index (Phi) is 4.19. The number of allylic oxidation sites excluding steroid dienone is 1. The molecule has 1 aliphatic rings. The molecule has 0 N–H and O–H groups in total. The van der Waals surface area contributed by atoms with E-state index < -0.39 is 0 Å². The molecule has 0 saturated carbocycles. The Morgan fingerprint density at radius 2 is 2.12 bits per heavy atom. The Hall–Kier alpha value is -2.75. The quantitative estimate of drug-likeness (QED) is 0.720. The van der Waals surface area contributed by atoms with Crippen LogP contribution in [0.2, 0.25) is 0 Å². The van der Waals surface area contributed by atoms with Crippen molar-refractivity contribution in [3.8, 4) is 0 Å². The first-order valence-electron chi connectivity index (χ1n) is 9.12. The zero-order valence-corrected chi connectivity index (χ0v) is 15.3. The lowest BCUT2D eigenvalue weighted by Crippen LogP contribution is -2.36. The third-order valence-electron chi connectivity index (χ3n) is 5.03. The molecule has 0 saturated heterocycles. The first kappa shape index (κ1) is 16.7. The molecule has 1 aromatic carbocycles. The van der Waals surface area contributed by atoms with Gasteiger partial charge in [-0.25, -0.2) is 4.98 Å². The molecule has 0 spiro atoms. The van der Waals surface area contributed by atoms with Gasteiger partial charge in [0.05, 0.1) is 10.9 Å². The summed E-state index contributed by atoms with van der Waals surface area (Å²) in [4.78, 5) is 22.0. The van der Waals surface area contributed by atoms with Crippen molar-refractivity contribution in [2.45, 2.75) is 39.7 Å². The zero-order chi connectivity index (χ0) is 18.1. The smallest absolute Gasteiger partial charge is 0.261 e. The van der Waals surface area contributed by atoms with Crippen LogP contribution in [0.4, 0.5) is 0 Å². The molecule has 2 aromatic heterocycles. The molecule has 0 radical (unpaired) electrons. The van der Waals surface area contributed by atoms with E-state index in [1.165, 1.54) is 0 Å². The second-order valence-electron chi connectivity index (χ2n) is 7.79. The molecule has 0 bridgehead atoms. The van der Waals surface area contributed by atoms with Crippen LogP contribution in [0.1, 0.15) is 37.4 Å². The van der Waals surface area contributed by atoms with Crippen molar-refractivity contribution in [2.75, 3.05) is 0 Å². The first-order valence-corrected chi connectivity index (χ1v) is 9.12. The average molecular weight is 345 g/mol. The number of hydrogen-bond donors (Lipinski definition) is 0. The van der Waals surface area contributed by atoms with Gasteiger partial charge in [-0.3, -0.25) is 14.3 Å². The van der Waals surface area contributed by atoms with Crippen molar-refractivity contribution in [2.24, 2.45) is 5.41 Å². The van der Waals surface area contributed by atoms with Gasteiger partial charge >= 0.3 is 0 Å². The standard InChI is InChI=1S/C22H23N3O/c1-22(2)12-11-20-24-19-14-16(6-5-8-17-7-3-4-13-23-17)9-10-18(19)21(26)25(20)15-22/h3-7,9-10,13-14H,8,11-12,15H2,1-2H3/b6-5+. The second kappa shape index (κ2) is 6.52. The molecule has 0 aliphatic carbocycles. The van der Waals surface area contributed by atoms with Crippen LogP contribution < -0.4 is 5.56 Å². The van der Waals surface area contributed by atoms with Gasteiger partial charge in [-0.15, -0.1) is 0 Å². The van der Waals surface area contributed by atoms with Gasteiger partial charge in [0, 0.05) is 31.3 Å². The lowest BCUT2D eigenvalue weighted by atomic mass is 9.85. The highest BCUT2D eigenvalue weighted by molar-refractivity contribution is 5.80. The summed E-state index contributed by atoms with van der Waals surface area (Å²) in [5.41, 5.74) is 3.13. The predicted molar refractivity (Wildman–Crippen MR) is 105 cm³/mol. The monoisotopic (exact) mass is 345 g/mol. The summed E-state index contributed by atoms with van der Waals surface area (Å²) in [7, 11) is 0. The second-order valence-corrected chi connectivity index (χ2v) is 7.79. The molecule has 0 amide bonds. The number of pyridine rings is 1. The molecule has 0 fully saturated rings. The zero-order valence-electron chi connectivity index (χ0n) is 15.3. The minimum atomic E-state index is 0.0850. The van der Waals surface area contributed by atoms with Crippen molar-refractivity contribution in [1.29, 1.82) is 0 Å². The van der Waals surface area contributed by atoms with Gasteiger partial charge in [0.2, 0.25) is 0 Å². The molecular weight excluding hydrogens is 322 g/mol. The Balaban J connectivity index is 1.65. The molecule has 26 heavy (non-hydrogen) atoms. The third-order valence-corrected chi connectivity index (χ3v) is 5.03. The van der Waals surface area contributed by atoms with Crippen LogP contribution in [0, 0.1) is 5.41 Å². The fourth-order valence-electron chi connectivity index (χ4n) is 3.53. The van der Waals surface area contributed by atoms with E-state index in [2.05, 4.69) is 31.0 Å². The Labute approximate surface area is 153 Å². The van der Waals surface area contributed by atoms with E-state index in [1.54, 1.807) is 6.20 Å². The van der Waals surface area contributed by atoms with Crippen LogP contribution in [0.5, 0.6) is 0 Å². The lowest BCUT2D eigenvalue weighted by Gasteiger charge is -2.31. The largest absolute Gasteiger partial charge is 0.296 e. The maximum Gasteiger partial charge on any atom is 0.261 e. The van der Waals surface area contributed by atoms with Gasteiger partial charge in [0.1, 0.15) is 5.82 Å². The van der Waals surface area contributed by atoms with E-state index in [9.17, 15) is 4.79 Å². The highest BCUT2D eigenvalue weighted by atomic mass is 16.1. The Morgan fingerprint density at radius 1 is 1.23 bits per heavy atom. The van der Waals surface area contributed by atoms with Crippen molar-refractivity contribution >= 4 is 17.0 Å². The Morgan fingerprint density at radius 3 is 2.92 bits per heavy atom. The SMILES string of the molecule is CC1(C)CCc2nc3cc(/C=C/Cc4ccccn4)ccc3c(=O)n2C1. The minimum absolute atomic E-state index is 0.0850. The van der Waals surface area contributed by atoms with Gasteiger partial charge in [-0.1, -0.05) is 38.1 Å². The van der Waals surface area contributed by atoms with Crippen LogP contribution in [0.25, 0.3) is 17.0 Å². The molecule has 3 aromatic rings. The summed E-state index contributed by atoms with van der Waals surface area (Å²) in [6.45, 7) is 5.17. The number of rotatable bonds is 3. The molecular formula is C22H23N3O. The number of benzene rings is 1. The maximum atomic E-state index is 12.9. The number of nitrogens with zero attached hydrogens (tertiary/aromatic N) is 3. The summed E-state index contributed by atoms with van der Waals surface area (Å²) in [5.74, 6) is 0.913. The van der Waals surface area contributed by atoms with Crippen molar-refractivity contribution in [3.05, 3.63) is 76.1 Å². The molecule has 0 unspecified atom stereocenters. The van der Waals surface area contributed by atoms with Gasteiger partial charge in [-0.05, 0) is 41.7 Å². The molecule has 1 aliphatic heterocycles. The van der Waals surface area contributed by atoms with Crippen molar-refractivity contribution < 1.29 is 0 Å². The normalized spacial score (nSPS) is 16.1. The molecule has 4 heteroatoms. The summed E-state index contributed by atoms with van der Waals surface area (Å²) in [5, 5.41) is 0.702. The van der Waals surface area contributed by atoms with Crippen LogP contribution >= 0.6 is 0 Å². The van der Waals surface area contributed by atoms with Gasteiger partial charge in [-0.2, -0.15) is 0 Å². The molecule has 3 heterocycles. The van der Waals surface area contributed by atoms with Gasteiger partial charge < -0.3 is 0 Å². The summed E-state index contributed by atoms with van der Waals surface area (Å²) in [6, 6.07) is 11.8. The maximum absolute atomic E-state index is 12.9. The van der Waals surface area contributed by atoms with E-state index in [4.69, 9.17) is 4.98 Å². The highest BCUT2D eigenvalue weighted by Gasteiger charge is 2.27. The molecule has 132 valence electrons. The summed E-state index contributed by atoms with van der Waals surface area (Å²) in [6.07, 6.45) is 8.68. The number of aromatic nitrogens is 3. The molecule has 0 atom stereocenters. The third kappa shape index (κ3) is 3.32. The number of aryl methyl sites for hydroxylation is 1. The van der Waals surface area contributed by atoms with Gasteiger partial charge in [0.25, 0.3) is 5.56 Å². The summed E-state index contributed by atoms with van der Waals surface area (Å²) < 4.78 is 1.86. The van der Waals surface area contributed by atoms with Crippen LogP contribution in [0.3, 0.4) is 0 Å². The van der Waals surface area contributed by atoms with E-state index in [1.807, 2.05) is 41.0 Å². The fourth-order valence-corrected chi connectivity index (χ4v) is 3.53. The predicted octanol–water partition coefficient (Wildman–Crippen LogP) is 4.02. The highest BCUT2D eigenvalue weighted by Crippen LogP contribution is 2.29. The van der Waals surface area contributed by atoms with Crippen molar-refractivity contribution in [3.63, 3.8) is 0 Å². The lowest BCUT2D eigenvalue weighted by molar-refractivity contribution is 0.240. The minimum Gasteiger partial charge on any atom is -0.296 e. The first-order chi connectivity index (χ1) is 12.5.